The van der Waals surface area contributed by atoms with Crippen LogP contribution in [-0.2, 0) is 6.54 Å². The van der Waals surface area contributed by atoms with Crippen molar-refractivity contribution >= 4 is 51.8 Å². The fraction of sp³-hybridized carbons (Fsp3) is 0.300. The Morgan fingerprint density at radius 2 is 1.86 bits per heavy atom. The first kappa shape index (κ1) is 24.2. The van der Waals surface area contributed by atoms with Crippen molar-refractivity contribution in [1.29, 1.82) is 0 Å². The molecule has 0 saturated carbocycles. The van der Waals surface area contributed by atoms with Crippen LogP contribution in [0.1, 0.15) is 15.9 Å². The predicted octanol–water partition coefficient (Wildman–Crippen LogP) is 3.51. The van der Waals surface area contributed by atoms with Gasteiger partial charge in [0.25, 0.3) is 5.91 Å². The van der Waals surface area contributed by atoms with Gasteiger partial charge in [-0.1, -0.05) is 40.2 Å². The average molecular weight is 561 g/mol. The number of halogens is 2. The van der Waals surface area contributed by atoms with E-state index in [1.165, 1.54) is 0 Å². The van der Waals surface area contributed by atoms with Gasteiger partial charge in [-0.3, -0.25) is 9.79 Å². The number of hydrogen-bond donors (Lipinski definition) is 2. The molecular formula is C20H26BrIN4O2. The Morgan fingerprint density at radius 3 is 2.54 bits per heavy atom. The Hall–Kier alpha value is -1.81. The van der Waals surface area contributed by atoms with E-state index in [9.17, 15) is 4.79 Å². The second-order valence-electron chi connectivity index (χ2n) is 5.91. The summed E-state index contributed by atoms with van der Waals surface area (Å²) in [4.78, 5) is 18.4. The monoisotopic (exact) mass is 560 g/mol. The molecule has 6 nitrogen and oxygen atoms in total. The summed E-state index contributed by atoms with van der Waals surface area (Å²) in [6.07, 6.45) is 0. The molecule has 28 heavy (non-hydrogen) atoms. The molecule has 0 atom stereocenters. The Morgan fingerprint density at radius 1 is 1.14 bits per heavy atom. The van der Waals surface area contributed by atoms with Crippen LogP contribution in [0.2, 0.25) is 0 Å². The predicted molar refractivity (Wildman–Crippen MR) is 128 cm³/mol. The van der Waals surface area contributed by atoms with E-state index in [0.29, 0.717) is 25.2 Å². The summed E-state index contributed by atoms with van der Waals surface area (Å²) in [6.45, 7) is 1.73. The van der Waals surface area contributed by atoms with Crippen LogP contribution in [-0.4, -0.2) is 51.1 Å². The minimum atomic E-state index is -0.101. The lowest BCUT2D eigenvalue weighted by Gasteiger charge is -2.23. The third kappa shape index (κ3) is 7.31. The number of carbonyl (C=O) groups is 1. The topological polar surface area (TPSA) is 66.0 Å². The molecule has 8 heteroatoms. The van der Waals surface area contributed by atoms with Gasteiger partial charge in [0.05, 0.1) is 7.11 Å². The van der Waals surface area contributed by atoms with Gasteiger partial charge in [-0.15, -0.1) is 24.0 Å². The average Bonchev–Trinajstić information content (AvgIpc) is 2.68. The number of guanidine groups is 1. The molecule has 0 unspecified atom stereocenters. The molecule has 0 aliphatic carbocycles. The van der Waals surface area contributed by atoms with E-state index in [2.05, 4.69) is 31.6 Å². The summed E-state index contributed by atoms with van der Waals surface area (Å²) in [5, 5.41) is 6.15. The summed E-state index contributed by atoms with van der Waals surface area (Å²) in [7, 11) is 5.36. The SMILES string of the molecule is CN=C(NCCNC(=O)c1cccc(Br)c1)N(C)Cc1ccccc1OC.I. The van der Waals surface area contributed by atoms with Gasteiger partial charge in [0.2, 0.25) is 0 Å². The molecule has 2 rings (SSSR count). The van der Waals surface area contributed by atoms with E-state index in [-0.39, 0.29) is 29.9 Å². The lowest BCUT2D eigenvalue weighted by Crippen LogP contribution is -2.42. The minimum Gasteiger partial charge on any atom is -0.496 e. The van der Waals surface area contributed by atoms with Gasteiger partial charge in [-0.05, 0) is 24.3 Å². The molecule has 1 amide bonds. The molecular weight excluding hydrogens is 535 g/mol. The molecule has 0 heterocycles. The highest BCUT2D eigenvalue weighted by Gasteiger charge is 2.10. The van der Waals surface area contributed by atoms with Crippen molar-refractivity contribution < 1.29 is 9.53 Å². The molecule has 0 bridgehead atoms. The number of benzene rings is 2. The fourth-order valence-electron chi connectivity index (χ4n) is 2.63. The summed E-state index contributed by atoms with van der Waals surface area (Å²) < 4.78 is 6.28. The van der Waals surface area contributed by atoms with Crippen LogP contribution in [0.4, 0.5) is 0 Å². The highest BCUT2D eigenvalue weighted by atomic mass is 127. The van der Waals surface area contributed by atoms with Gasteiger partial charge in [-0.25, -0.2) is 0 Å². The first-order valence-corrected chi connectivity index (χ1v) is 9.42. The number of methoxy groups -OCH3 is 1. The normalized spacial score (nSPS) is 10.6. The standard InChI is InChI=1S/C20H25BrN4O2.HI/c1-22-20(25(2)14-16-7-4-5-10-18(16)27-3)24-12-11-23-19(26)15-8-6-9-17(21)13-15;/h4-10,13H,11-12,14H2,1-3H3,(H,22,24)(H,23,26);1H. The Balaban J connectivity index is 0.00000392. The molecule has 0 spiro atoms. The summed E-state index contributed by atoms with van der Waals surface area (Å²) in [5.74, 6) is 1.49. The minimum absolute atomic E-state index is 0. The molecule has 152 valence electrons. The van der Waals surface area contributed by atoms with Crippen molar-refractivity contribution in [3.05, 3.63) is 64.1 Å². The van der Waals surface area contributed by atoms with Crippen LogP contribution in [0.3, 0.4) is 0 Å². The van der Waals surface area contributed by atoms with E-state index in [4.69, 9.17) is 4.74 Å². The molecule has 0 aromatic heterocycles. The lowest BCUT2D eigenvalue weighted by molar-refractivity contribution is 0.0954. The van der Waals surface area contributed by atoms with Crippen LogP contribution in [0.25, 0.3) is 0 Å². The highest BCUT2D eigenvalue weighted by Crippen LogP contribution is 2.18. The maximum atomic E-state index is 12.1. The maximum absolute atomic E-state index is 12.1. The van der Waals surface area contributed by atoms with E-state index in [0.717, 1.165) is 21.7 Å². The lowest BCUT2D eigenvalue weighted by atomic mass is 10.2. The van der Waals surface area contributed by atoms with Crippen molar-refractivity contribution in [1.82, 2.24) is 15.5 Å². The second-order valence-corrected chi connectivity index (χ2v) is 6.82. The highest BCUT2D eigenvalue weighted by molar-refractivity contribution is 14.0. The zero-order valence-corrected chi connectivity index (χ0v) is 20.2. The number of nitrogens with zero attached hydrogens (tertiary/aromatic N) is 2. The van der Waals surface area contributed by atoms with Gasteiger partial charge in [-0.2, -0.15) is 0 Å². The number of hydrogen-bond acceptors (Lipinski definition) is 3. The van der Waals surface area contributed by atoms with Gasteiger partial charge in [0.15, 0.2) is 5.96 Å². The molecule has 2 aromatic rings. The summed E-state index contributed by atoms with van der Waals surface area (Å²) in [6, 6.07) is 15.2. The van der Waals surface area contributed by atoms with Crippen molar-refractivity contribution in [3.8, 4) is 5.75 Å². The largest absolute Gasteiger partial charge is 0.496 e. The molecule has 2 N–H and O–H groups in total. The Bertz CT molecular complexity index is 801. The van der Waals surface area contributed by atoms with Crippen LogP contribution in [0.15, 0.2) is 58.0 Å². The number of para-hydroxylation sites is 1. The van der Waals surface area contributed by atoms with E-state index >= 15 is 0 Å². The number of ether oxygens (including phenoxy) is 1. The van der Waals surface area contributed by atoms with Crippen molar-refractivity contribution in [3.63, 3.8) is 0 Å². The Labute approximate surface area is 191 Å². The van der Waals surface area contributed by atoms with Crippen LogP contribution in [0, 0.1) is 0 Å². The number of nitrogens with one attached hydrogen (secondary N) is 2. The van der Waals surface area contributed by atoms with Gasteiger partial charge >= 0.3 is 0 Å². The van der Waals surface area contributed by atoms with Crippen LogP contribution >= 0.6 is 39.9 Å². The molecule has 2 aromatic carbocycles. The Kier molecular flexibility index (Phi) is 10.9. The van der Waals surface area contributed by atoms with E-state index in [1.54, 1.807) is 26.3 Å². The van der Waals surface area contributed by atoms with Crippen LogP contribution < -0.4 is 15.4 Å². The molecule has 0 radical (unpaired) electrons. The smallest absolute Gasteiger partial charge is 0.251 e. The number of rotatable bonds is 7. The van der Waals surface area contributed by atoms with Gasteiger partial charge < -0.3 is 20.3 Å². The van der Waals surface area contributed by atoms with E-state index in [1.807, 2.05) is 48.3 Å². The van der Waals surface area contributed by atoms with Gasteiger partial charge in [0.1, 0.15) is 5.75 Å². The number of amides is 1. The van der Waals surface area contributed by atoms with Crippen molar-refractivity contribution in [2.75, 3.05) is 34.3 Å². The van der Waals surface area contributed by atoms with Crippen molar-refractivity contribution in [2.45, 2.75) is 6.54 Å². The number of aliphatic imine (C=N–C) groups is 1. The summed E-state index contributed by atoms with van der Waals surface area (Å²) in [5.41, 5.74) is 1.70. The quantitative estimate of drug-likeness (QED) is 0.235. The second kappa shape index (κ2) is 12.6. The molecule has 0 aliphatic rings. The van der Waals surface area contributed by atoms with Gasteiger partial charge in [0, 0.05) is 49.3 Å². The maximum Gasteiger partial charge on any atom is 0.251 e. The third-order valence-corrected chi connectivity index (χ3v) is 4.45. The zero-order valence-electron chi connectivity index (χ0n) is 16.2. The number of carbonyl (C=O) groups excluding carboxylic acids is 1. The fourth-order valence-corrected chi connectivity index (χ4v) is 3.03. The van der Waals surface area contributed by atoms with E-state index < -0.39 is 0 Å². The third-order valence-electron chi connectivity index (χ3n) is 3.95. The zero-order chi connectivity index (χ0) is 19.6. The molecule has 0 fully saturated rings. The first-order valence-electron chi connectivity index (χ1n) is 8.62. The summed E-state index contributed by atoms with van der Waals surface area (Å²) >= 11 is 3.37. The van der Waals surface area contributed by atoms with Crippen molar-refractivity contribution in [2.24, 2.45) is 4.99 Å². The van der Waals surface area contributed by atoms with Crippen LogP contribution in [0.5, 0.6) is 5.75 Å². The first-order chi connectivity index (χ1) is 13.0. The molecule has 0 saturated heterocycles. The molecule has 0 aliphatic heterocycles.